The summed E-state index contributed by atoms with van der Waals surface area (Å²) >= 11 is 0. The molecular weight excluding hydrogens is 232 g/mol. The van der Waals surface area contributed by atoms with Crippen molar-refractivity contribution in [1.29, 1.82) is 0 Å². The minimum Gasteiger partial charge on any atom is -0.508 e. The fourth-order valence-electron chi connectivity index (χ4n) is 1.70. The van der Waals surface area contributed by atoms with E-state index in [2.05, 4.69) is 5.32 Å². The Kier molecular flexibility index (Phi) is 4.97. The molecule has 0 aliphatic heterocycles. The van der Waals surface area contributed by atoms with E-state index in [0.29, 0.717) is 13.0 Å². The molecule has 0 saturated heterocycles. The molecular formula is C13H20N2O3. The van der Waals surface area contributed by atoms with Gasteiger partial charge < -0.3 is 21.3 Å². The first-order chi connectivity index (χ1) is 8.45. The molecule has 1 amide bonds. The average Bonchev–Trinajstić information content (AvgIpc) is 2.31. The third-order valence-corrected chi connectivity index (χ3v) is 2.82. The quantitative estimate of drug-likeness (QED) is 0.592. The summed E-state index contributed by atoms with van der Waals surface area (Å²) in [6.07, 6.45) is 0.670. The van der Waals surface area contributed by atoms with Crippen LogP contribution in [0, 0.1) is 5.92 Å². The number of aromatic hydroxyl groups is 2. The molecule has 5 nitrogen and oxygen atoms in total. The summed E-state index contributed by atoms with van der Waals surface area (Å²) in [4.78, 5) is 12.0. The van der Waals surface area contributed by atoms with Crippen molar-refractivity contribution in [1.82, 2.24) is 5.32 Å². The largest absolute Gasteiger partial charge is 0.508 e. The number of phenolic OH excluding ortho intramolecular Hbond substituents is 2. The van der Waals surface area contributed by atoms with E-state index in [4.69, 9.17) is 5.73 Å². The van der Waals surface area contributed by atoms with Crippen molar-refractivity contribution in [3.05, 3.63) is 23.8 Å². The number of phenols is 2. The Labute approximate surface area is 107 Å². The standard InChI is InChI=1S/C13H20N2O3/c1-8(2)11(5-6-14)15-13(18)10-7-9(16)3-4-12(10)17/h3-4,7-8,11,16-17H,5-6,14H2,1-2H3,(H,15,18). The van der Waals surface area contributed by atoms with Gasteiger partial charge in [-0.3, -0.25) is 4.79 Å². The number of rotatable bonds is 5. The maximum Gasteiger partial charge on any atom is 0.255 e. The SMILES string of the molecule is CC(C)C(CCN)NC(=O)c1cc(O)ccc1O. The van der Waals surface area contributed by atoms with E-state index in [0.717, 1.165) is 0 Å². The van der Waals surface area contributed by atoms with E-state index >= 15 is 0 Å². The third kappa shape index (κ3) is 3.63. The number of nitrogens with one attached hydrogen (secondary N) is 1. The van der Waals surface area contributed by atoms with Crippen molar-refractivity contribution in [2.24, 2.45) is 11.7 Å². The Morgan fingerprint density at radius 1 is 1.39 bits per heavy atom. The van der Waals surface area contributed by atoms with Crippen LogP contribution < -0.4 is 11.1 Å². The van der Waals surface area contributed by atoms with Gasteiger partial charge in [-0.2, -0.15) is 0 Å². The molecule has 1 aromatic carbocycles. The van der Waals surface area contributed by atoms with E-state index < -0.39 is 5.91 Å². The Morgan fingerprint density at radius 3 is 2.61 bits per heavy atom. The zero-order valence-electron chi connectivity index (χ0n) is 10.7. The second-order valence-corrected chi connectivity index (χ2v) is 4.60. The smallest absolute Gasteiger partial charge is 0.255 e. The molecule has 0 aliphatic rings. The fourth-order valence-corrected chi connectivity index (χ4v) is 1.70. The van der Waals surface area contributed by atoms with Crippen LogP contribution in [0.15, 0.2) is 18.2 Å². The van der Waals surface area contributed by atoms with E-state index in [-0.39, 0.29) is 29.0 Å². The number of amides is 1. The van der Waals surface area contributed by atoms with Crippen molar-refractivity contribution < 1.29 is 15.0 Å². The van der Waals surface area contributed by atoms with Gasteiger partial charge in [0.25, 0.3) is 5.91 Å². The van der Waals surface area contributed by atoms with Gasteiger partial charge in [-0.15, -0.1) is 0 Å². The second kappa shape index (κ2) is 6.26. The minimum atomic E-state index is -0.407. The summed E-state index contributed by atoms with van der Waals surface area (Å²) < 4.78 is 0. The van der Waals surface area contributed by atoms with Crippen LogP contribution in [0.1, 0.15) is 30.6 Å². The molecule has 0 saturated carbocycles. The normalized spacial score (nSPS) is 12.4. The van der Waals surface area contributed by atoms with Crippen LogP contribution in [0.3, 0.4) is 0 Å². The van der Waals surface area contributed by atoms with E-state index in [1.54, 1.807) is 0 Å². The summed E-state index contributed by atoms with van der Waals surface area (Å²) in [5.74, 6) is -0.370. The second-order valence-electron chi connectivity index (χ2n) is 4.60. The van der Waals surface area contributed by atoms with Gasteiger partial charge in [0.2, 0.25) is 0 Å². The van der Waals surface area contributed by atoms with E-state index in [9.17, 15) is 15.0 Å². The average molecular weight is 252 g/mol. The Morgan fingerprint density at radius 2 is 2.06 bits per heavy atom. The molecule has 0 aliphatic carbocycles. The van der Waals surface area contributed by atoms with Crippen molar-refractivity contribution >= 4 is 5.91 Å². The van der Waals surface area contributed by atoms with Crippen molar-refractivity contribution in [3.8, 4) is 11.5 Å². The molecule has 5 heteroatoms. The van der Waals surface area contributed by atoms with Gasteiger partial charge in [0, 0.05) is 6.04 Å². The lowest BCUT2D eigenvalue weighted by Gasteiger charge is -2.22. The molecule has 0 radical (unpaired) electrons. The molecule has 18 heavy (non-hydrogen) atoms. The van der Waals surface area contributed by atoms with Crippen LogP contribution in [0.2, 0.25) is 0 Å². The fraction of sp³-hybridized carbons (Fsp3) is 0.462. The van der Waals surface area contributed by atoms with Gasteiger partial charge in [0.15, 0.2) is 0 Å². The van der Waals surface area contributed by atoms with Crippen molar-refractivity contribution in [2.45, 2.75) is 26.3 Å². The number of benzene rings is 1. The van der Waals surface area contributed by atoms with Gasteiger partial charge in [0.05, 0.1) is 5.56 Å². The monoisotopic (exact) mass is 252 g/mol. The number of nitrogens with two attached hydrogens (primary N) is 1. The van der Waals surface area contributed by atoms with Crippen molar-refractivity contribution in [3.63, 3.8) is 0 Å². The third-order valence-electron chi connectivity index (χ3n) is 2.82. The molecule has 0 spiro atoms. The first-order valence-electron chi connectivity index (χ1n) is 5.98. The maximum atomic E-state index is 12.0. The highest BCUT2D eigenvalue weighted by Crippen LogP contribution is 2.22. The van der Waals surface area contributed by atoms with Crippen LogP contribution in [0.4, 0.5) is 0 Å². The van der Waals surface area contributed by atoms with Crippen LogP contribution in [0.25, 0.3) is 0 Å². The molecule has 1 atom stereocenters. The summed E-state index contributed by atoms with van der Waals surface area (Å²) in [6.45, 7) is 4.46. The van der Waals surface area contributed by atoms with Gasteiger partial charge in [-0.25, -0.2) is 0 Å². The Bertz CT molecular complexity index is 419. The summed E-state index contributed by atoms with van der Waals surface area (Å²) in [5.41, 5.74) is 5.56. The highest BCUT2D eigenvalue weighted by atomic mass is 16.3. The lowest BCUT2D eigenvalue weighted by molar-refractivity contribution is 0.0921. The zero-order valence-corrected chi connectivity index (χ0v) is 10.7. The lowest BCUT2D eigenvalue weighted by atomic mass is 10.0. The molecule has 0 fully saturated rings. The first-order valence-corrected chi connectivity index (χ1v) is 5.98. The van der Waals surface area contributed by atoms with E-state index in [1.165, 1.54) is 18.2 Å². The highest BCUT2D eigenvalue weighted by Gasteiger charge is 2.18. The number of hydrogen-bond donors (Lipinski definition) is 4. The molecule has 0 heterocycles. The van der Waals surface area contributed by atoms with Crippen LogP contribution in [-0.2, 0) is 0 Å². The minimum absolute atomic E-state index is 0.0516. The van der Waals surface area contributed by atoms with Gasteiger partial charge in [-0.05, 0) is 37.1 Å². The lowest BCUT2D eigenvalue weighted by Crippen LogP contribution is -2.39. The predicted molar refractivity (Wildman–Crippen MR) is 69.5 cm³/mol. The zero-order chi connectivity index (χ0) is 13.7. The van der Waals surface area contributed by atoms with E-state index in [1.807, 2.05) is 13.8 Å². The topological polar surface area (TPSA) is 95.6 Å². The molecule has 5 N–H and O–H groups in total. The Hall–Kier alpha value is -1.75. The molecule has 1 aromatic rings. The maximum absolute atomic E-state index is 12.0. The summed E-state index contributed by atoms with van der Waals surface area (Å²) in [5, 5.41) is 21.7. The number of carbonyl (C=O) groups excluding carboxylic acids is 1. The molecule has 100 valence electrons. The summed E-state index contributed by atoms with van der Waals surface area (Å²) in [6, 6.07) is 3.80. The molecule has 0 bridgehead atoms. The van der Waals surface area contributed by atoms with Crippen LogP contribution in [-0.4, -0.2) is 28.7 Å². The summed E-state index contributed by atoms with van der Waals surface area (Å²) in [7, 11) is 0. The molecule has 1 unspecified atom stereocenters. The predicted octanol–water partition coefficient (Wildman–Crippen LogP) is 1.20. The van der Waals surface area contributed by atoms with Crippen LogP contribution in [0.5, 0.6) is 11.5 Å². The Balaban J connectivity index is 2.83. The van der Waals surface area contributed by atoms with Gasteiger partial charge in [0.1, 0.15) is 11.5 Å². The number of hydrogen-bond acceptors (Lipinski definition) is 4. The first kappa shape index (κ1) is 14.3. The number of carbonyl (C=O) groups is 1. The molecule has 0 aromatic heterocycles. The highest BCUT2D eigenvalue weighted by molar-refractivity contribution is 5.97. The van der Waals surface area contributed by atoms with Crippen LogP contribution >= 0.6 is 0 Å². The molecule has 1 rings (SSSR count). The van der Waals surface area contributed by atoms with Gasteiger partial charge in [-0.1, -0.05) is 13.8 Å². The van der Waals surface area contributed by atoms with Gasteiger partial charge >= 0.3 is 0 Å². The van der Waals surface area contributed by atoms with Crippen molar-refractivity contribution in [2.75, 3.05) is 6.54 Å².